The number of nitrogens with one attached hydrogen (secondary N) is 1. The highest BCUT2D eigenvalue weighted by atomic mass is 32.2. The van der Waals surface area contributed by atoms with E-state index in [9.17, 15) is 18.4 Å². The number of nitrogens with zero attached hydrogens (tertiary/aromatic N) is 2. The Bertz CT molecular complexity index is 1170. The van der Waals surface area contributed by atoms with Gasteiger partial charge in [-0.25, -0.2) is 13.8 Å². The van der Waals surface area contributed by atoms with Gasteiger partial charge in [-0.3, -0.25) is 9.59 Å². The lowest BCUT2D eigenvalue weighted by Gasteiger charge is -2.27. The van der Waals surface area contributed by atoms with Crippen molar-refractivity contribution >= 4 is 35.0 Å². The van der Waals surface area contributed by atoms with E-state index in [1.165, 1.54) is 17.8 Å². The van der Waals surface area contributed by atoms with Crippen LogP contribution >= 0.6 is 11.8 Å². The van der Waals surface area contributed by atoms with Crippen LogP contribution in [0.4, 0.5) is 20.2 Å². The molecular weight excluding hydrogens is 408 g/mol. The fourth-order valence-electron chi connectivity index (χ4n) is 3.20. The lowest BCUT2D eigenvalue weighted by molar-refractivity contribution is 0.0975. The second kappa shape index (κ2) is 7.87. The van der Waals surface area contributed by atoms with E-state index in [0.717, 1.165) is 17.0 Å². The molecular formula is C22H17F2N3O2S. The minimum Gasteiger partial charge on any atom is -0.322 e. The van der Waals surface area contributed by atoms with E-state index in [-0.39, 0.29) is 17.5 Å². The van der Waals surface area contributed by atoms with Crippen LogP contribution in [-0.4, -0.2) is 22.8 Å². The fourth-order valence-corrected chi connectivity index (χ4v) is 4.25. The van der Waals surface area contributed by atoms with Gasteiger partial charge in [0.1, 0.15) is 5.03 Å². The molecule has 2 heterocycles. The predicted molar refractivity (Wildman–Crippen MR) is 111 cm³/mol. The molecule has 4 rings (SSSR count). The molecule has 2 amide bonds. The van der Waals surface area contributed by atoms with E-state index in [4.69, 9.17) is 0 Å². The SMILES string of the molecule is CC(C)N1C(=O)c2cccnc2Sc2cc(NC(=O)c3ccc(F)c(F)c3)ccc21. The fraction of sp³-hybridized carbons (Fsp3) is 0.136. The maximum Gasteiger partial charge on any atom is 0.261 e. The maximum atomic E-state index is 13.4. The summed E-state index contributed by atoms with van der Waals surface area (Å²) in [5.74, 6) is -2.81. The first kappa shape index (κ1) is 20.0. The average molecular weight is 425 g/mol. The number of hydrogen-bond acceptors (Lipinski definition) is 4. The zero-order chi connectivity index (χ0) is 21.4. The zero-order valence-corrected chi connectivity index (χ0v) is 17.0. The van der Waals surface area contributed by atoms with Gasteiger partial charge < -0.3 is 10.2 Å². The number of aromatic nitrogens is 1. The highest BCUT2D eigenvalue weighted by Crippen LogP contribution is 2.42. The topological polar surface area (TPSA) is 62.3 Å². The number of halogens is 2. The Morgan fingerprint density at radius 3 is 2.63 bits per heavy atom. The number of carbonyl (C=O) groups excluding carboxylic acids is 2. The third kappa shape index (κ3) is 3.66. The third-order valence-corrected chi connectivity index (χ3v) is 5.67. The summed E-state index contributed by atoms with van der Waals surface area (Å²) in [6.07, 6.45) is 1.62. The van der Waals surface area contributed by atoms with E-state index in [0.29, 0.717) is 22.0 Å². The van der Waals surface area contributed by atoms with Crippen molar-refractivity contribution in [3.8, 4) is 0 Å². The van der Waals surface area contributed by atoms with Crippen molar-refractivity contribution in [2.24, 2.45) is 0 Å². The molecule has 0 fully saturated rings. The van der Waals surface area contributed by atoms with Gasteiger partial charge in [0.25, 0.3) is 11.8 Å². The van der Waals surface area contributed by atoms with E-state index < -0.39 is 17.5 Å². The van der Waals surface area contributed by atoms with Crippen molar-refractivity contribution in [1.82, 2.24) is 4.98 Å². The average Bonchev–Trinajstić information content (AvgIpc) is 2.83. The number of rotatable bonds is 3. The third-order valence-electron chi connectivity index (χ3n) is 4.60. The summed E-state index contributed by atoms with van der Waals surface area (Å²) in [5, 5.41) is 3.27. The van der Waals surface area contributed by atoms with E-state index in [1.54, 1.807) is 41.4 Å². The summed E-state index contributed by atoms with van der Waals surface area (Å²) in [7, 11) is 0. The predicted octanol–water partition coefficient (Wildman–Crippen LogP) is 5.13. The first-order valence-electron chi connectivity index (χ1n) is 9.22. The van der Waals surface area contributed by atoms with Crippen molar-refractivity contribution in [3.63, 3.8) is 0 Å². The molecule has 30 heavy (non-hydrogen) atoms. The molecule has 0 unspecified atom stereocenters. The Kier molecular flexibility index (Phi) is 5.26. The summed E-state index contributed by atoms with van der Waals surface area (Å²) in [4.78, 5) is 32.3. The van der Waals surface area contributed by atoms with Crippen LogP contribution in [0.1, 0.15) is 34.6 Å². The molecule has 0 radical (unpaired) electrons. The standard InChI is InChI=1S/C22H17F2N3O2S/c1-12(2)27-18-8-6-14(26-20(28)13-5-7-16(23)17(24)10-13)11-19(18)30-21-15(22(27)29)4-3-9-25-21/h3-12H,1-2H3,(H,26,28). The Morgan fingerprint density at radius 2 is 1.90 bits per heavy atom. The van der Waals surface area contributed by atoms with Crippen LogP contribution in [0.25, 0.3) is 0 Å². The number of carbonyl (C=O) groups is 2. The Hall–Kier alpha value is -3.26. The molecule has 1 aliphatic heterocycles. The molecule has 1 aromatic heterocycles. The lowest BCUT2D eigenvalue weighted by atomic mass is 10.1. The smallest absolute Gasteiger partial charge is 0.261 e. The highest BCUT2D eigenvalue weighted by molar-refractivity contribution is 7.99. The number of hydrogen-bond donors (Lipinski definition) is 1. The van der Waals surface area contributed by atoms with E-state index in [2.05, 4.69) is 10.3 Å². The van der Waals surface area contributed by atoms with Gasteiger partial charge in [-0.1, -0.05) is 11.8 Å². The summed E-state index contributed by atoms with van der Waals surface area (Å²) in [6, 6.07) is 11.5. The van der Waals surface area contributed by atoms with Crippen molar-refractivity contribution in [2.45, 2.75) is 29.8 Å². The molecule has 1 N–H and O–H groups in total. The minimum atomic E-state index is -1.09. The lowest BCUT2D eigenvalue weighted by Crippen LogP contribution is -2.37. The quantitative estimate of drug-likeness (QED) is 0.632. The number of benzene rings is 2. The van der Waals surface area contributed by atoms with Crippen molar-refractivity contribution < 1.29 is 18.4 Å². The number of anilines is 2. The van der Waals surface area contributed by atoms with Gasteiger partial charge in [0.2, 0.25) is 0 Å². The summed E-state index contributed by atoms with van der Waals surface area (Å²) in [5.41, 5.74) is 1.69. The van der Waals surface area contributed by atoms with Gasteiger partial charge in [0, 0.05) is 28.4 Å². The molecule has 1 aliphatic rings. The minimum absolute atomic E-state index is 0.00231. The molecule has 8 heteroatoms. The molecule has 0 bridgehead atoms. The van der Waals surface area contributed by atoms with Gasteiger partial charge in [0.15, 0.2) is 11.6 Å². The second-order valence-electron chi connectivity index (χ2n) is 6.99. The Balaban J connectivity index is 1.70. The van der Waals surface area contributed by atoms with Crippen LogP contribution in [-0.2, 0) is 0 Å². The van der Waals surface area contributed by atoms with E-state index >= 15 is 0 Å². The van der Waals surface area contributed by atoms with Crippen LogP contribution in [0.15, 0.2) is 64.6 Å². The van der Waals surface area contributed by atoms with Gasteiger partial charge >= 0.3 is 0 Å². The van der Waals surface area contributed by atoms with Crippen molar-refractivity contribution in [2.75, 3.05) is 10.2 Å². The number of pyridine rings is 1. The van der Waals surface area contributed by atoms with Crippen LogP contribution in [0, 0.1) is 11.6 Å². The van der Waals surface area contributed by atoms with Gasteiger partial charge in [-0.2, -0.15) is 0 Å². The van der Waals surface area contributed by atoms with Crippen LogP contribution < -0.4 is 10.2 Å². The Labute approximate surface area is 176 Å². The van der Waals surface area contributed by atoms with E-state index in [1.807, 2.05) is 13.8 Å². The van der Waals surface area contributed by atoms with Crippen LogP contribution in [0.3, 0.4) is 0 Å². The largest absolute Gasteiger partial charge is 0.322 e. The zero-order valence-electron chi connectivity index (χ0n) is 16.1. The molecule has 152 valence electrons. The van der Waals surface area contributed by atoms with Crippen LogP contribution in [0.5, 0.6) is 0 Å². The molecule has 0 saturated heterocycles. The van der Waals surface area contributed by atoms with Crippen molar-refractivity contribution in [1.29, 1.82) is 0 Å². The maximum absolute atomic E-state index is 13.4. The highest BCUT2D eigenvalue weighted by Gasteiger charge is 2.30. The first-order valence-corrected chi connectivity index (χ1v) is 10.0. The van der Waals surface area contributed by atoms with Crippen molar-refractivity contribution in [3.05, 3.63) is 77.5 Å². The Morgan fingerprint density at radius 1 is 1.10 bits per heavy atom. The number of amides is 2. The first-order chi connectivity index (χ1) is 14.3. The summed E-state index contributed by atoms with van der Waals surface area (Å²) in [6.45, 7) is 3.85. The molecule has 0 atom stereocenters. The normalized spacial score (nSPS) is 13.0. The summed E-state index contributed by atoms with van der Waals surface area (Å²) < 4.78 is 26.6. The molecule has 0 aliphatic carbocycles. The monoisotopic (exact) mass is 425 g/mol. The van der Waals surface area contributed by atoms with Gasteiger partial charge in [0.05, 0.1) is 11.3 Å². The van der Waals surface area contributed by atoms with Gasteiger partial charge in [-0.15, -0.1) is 0 Å². The van der Waals surface area contributed by atoms with Gasteiger partial charge in [-0.05, 0) is 62.4 Å². The molecule has 3 aromatic rings. The molecule has 5 nitrogen and oxygen atoms in total. The molecule has 2 aromatic carbocycles. The molecule has 0 saturated carbocycles. The number of fused-ring (bicyclic) bond motifs is 2. The second-order valence-corrected chi connectivity index (χ2v) is 8.02. The van der Waals surface area contributed by atoms with Crippen LogP contribution in [0.2, 0.25) is 0 Å². The molecule has 0 spiro atoms. The summed E-state index contributed by atoms with van der Waals surface area (Å²) >= 11 is 1.34.